The number of carbonyl (C=O) groups is 2. The Morgan fingerprint density at radius 2 is 0.895 bits per heavy atom. The van der Waals surface area contributed by atoms with Crippen LogP contribution in [0.5, 0.6) is 0 Å². The Balaban J connectivity index is 1.08. The number of hydrogen-bond acceptors (Lipinski definition) is 4. The van der Waals surface area contributed by atoms with Crippen molar-refractivity contribution in [3.8, 4) is 0 Å². The van der Waals surface area contributed by atoms with Gasteiger partial charge in [0, 0.05) is 11.1 Å². The predicted octanol–water partition coefficient (Wildman–Crippen LogP) is 7.84. The van der Waals surface area contributed by atoms with Crippen molar-refractivity contribution >= 4 is 45.6 Å². The van der Waals surface area contributed by atoms with Gasteiger partial charge in [-0.1, -0.05) is 84.9 Å². The molecule has 38 heavy (non-hydrogen) atoms. The van der Waals surface area contributed by atoms with E-state index in [4.69, 9.17) is 9.47 Å². The summed E-state index contributed by atoms with van der Waals surface area (Å²) in [6.45, 7) is 0. The van der Waals surface area contributed by atoms with Crippen LogP contribution in [-0.2, 0) is 9.47 Å². The Kier molecular flexibility index (Phi) is 5.19. The molecule has 4 heteroatoms. The normalized spacial score (nSPS) is 16.9. The molecule has 5 aromatic carbocycles. The van der Waals surface area contributed by atoms with E-state index in [1.807, 2.05) is 60.7 Å². The fourth-order valence-corrected chi connectivity index (χ4v) is 5.46. The van der Waals surface area contributed by atoms with E-state index in [0.29, 0.717) is 11.1 Å². The Hall–Kier alpha value is -4.96. The summed E-state index contributed by atoms with van der Waals surface area (Å²) in [7, 11) is 0. The molecule has 0 saturated heterocycles. The first-order valence-electron chi connectivity index (χ1n) is 12.6. The average Bonchev–Trinajstić information content (AvgIpc) is 2.96. The van der Waals surface area contributed by atoms with Gasteiger partial charge in [0.2, 0.25) is 0 Å². The number of hydrogen-bond donors (Lipinski definition) is 0. The second kappa shape index (κ2) is 8.86. The van der Waals surface area contributed by atoms with Crippen molar-refractivity contribution in [2.45, 2.75) is 12.2 Å². The van der Waals surface area contributed by atoms with Gasteiger partial charge in [0.25, 0.3) is 0 Å². The fourth-order valence-electron chi connectivity index (χ4n) is 5.46. The summed E-state index contributed by atoms with van der Waals surface area (Å²) >= 11 is 0. The molecule has 0 bridgehead atoms. The highest BCUT2D eigenvalue weighted by Crippen LogP contribution is 2.37. The molecule has 0 N–H and O–H groups in total. The van der Waals surface area contributed by atoms with Crippen molar-refractivity contribution in [3.63, 3.8) is 0 Å². The number of carbonyl (C=O) groups excluding carboxylic acids is 2. The highest BCUT2D eigenvalue weighted by molar-refractivity contribution is 5.98. The molecule has 0 heterocycles. The lowest BCUT2D eigenvalue weighted by atomic mass is 9.91. The Morgan fingerprint density at radius 3 is 1.32 bits per heavy atom. The maximum absolute atomic E-state index is 13.0. The van der Waals surface area contributed by atoms with E-state index in [0.717, 1.165) is 43.8 Å². The summed E-state index contributed by atoms with van der Waals surface area (Å²) in [5.74, 6) is -0.899. The molecule has 5 aromatic rings. The standard InChI is InChI=1S/C34H22O4/c35-33(37-29-19-17-23-7-1-5-21-9-3-11-27(29)31(21)23)25-13-15-26(16-14-25)34(36)38-30-20-18-24-8-2-6-22-10-4-12-28(30)32(22)24/h1-20,29-30H. The largest absolute Gasteiger partial charge is 0.450 e. The van der Waals surface area contributed by atoms with E-state index >= 15 is 0 Å². The van der Waals surface area contributed by atoms with Crippen LogP contribution in [0.1, 0.15) is 55.2 Å². The Morgan fingerprint density at radius 1 is 0.500 bits per heavy atom. The van der Waals surface area contributed by atoms with Gasteiger partial charge < -0.3 is 9.47 Å². The van der Waals surface area contributed by atoms with Gasteiger partial charge >= 0.3 is 11.9 Å². The van der Waals surface area contributed by atoms with Gasteiger partial charge in [0.15, 0.2) is 0 Å². The zero-order valence-electron chi connectivity index (χ0n) is 20.3. The molecule has 0 spiro atoms. The van der Waals surface area contributed by atoms with Crippen LogP contribution in [0.4, 0.5) is 0 Å². The summed E-state index contributed by atoms with van der Waals surface area (Å²) in [5.41, 5.74) is 4.90. The van der Waals surface area contributed by atoms with Crippen molar-refractivity contribution in [1.82, 2.24) is 0 Å². The van der Waals surface area contributed by atoms with E-state index in [2.05, 4.69) is 36.4 Å². The van der Waals surface area contributed by atoms with E-state index < -0.39 is 24.1 Å². The van der Waals surface area contributed by atoms with Crippen molar-refractivity contribution in [2.75, 3.05) is 0 Å². The molecule has 2 aliphatic rings. The molecule has 0 aliphatic heterocycles. The highest BCUT2D eigenvalue weighted by atomic mass is 16.5. The molecule has 0 amide bonds. The van der Waals surface area contributed by atoms with Crippen molar-refractivity contribution in [2.24, 2.45) is 0 Å². The van der Waals surface area contributed by atoms with Crippen LogP contribution in [-0.4, -0.2) is 11.9 Å². The molecule has 182 valence electrons. The quantitative estimate of drug-likeness (QED) is 0.239. The lowest BCUT2D eigenvalue weighted by Crippen LogP contribution is -2.14. The zero-order chi connectivity index (χ0) is 25.6. The minimum Gasteiger partial charge on any atom is -0.450 e. The monoisotopic (exact) mass is 494 g/mol. The first-order valence-corrected chi connectivity index (χ1v) is 12.6. The third-order valence-corrected chi connectivity index (χ3v) is 7.28. The van der Waals surface area contributed by atoms with Crippen LogP contribution in [0.2, 0.25) is 0 Å². The van der Waals surface area contributed by atoms with Crippen LogP contribution in [0.15, 0.2) is 109 Å². The van der Waals surface area contributed by atoms with E-state index in [9.17, 15) is 9.59 Å². The molecule has 2 atom stereocenters. The number of ether oxygens (including phenoxy) is 2. The third-order valence-electron chi connectivity index (χ3n) is 7.28. The molecule has 4 nitrogen and oxygen atoms in total. The summed E-state index contributed by atoms with van der Waals surface area (Å²) in [4.78, 5) is 26.0. The molecule has 2 aliphatic carbocycles. The lowest BCUT2D eigenvalue weighted by Gasteiger charge is -2.22. The second-order valence-electron chi connectivity index (χ2n) is 9.53. The fraction of sp³-hybridized carbons (Fsp3) is 0.0588. The van der Waals surface area contributed by atoms with Crippen LogP contribution in [0.25, 0.3) is 33.7 Å². The zero-order valence-corrected chi connectivity index (χ0v) is 20.3. The number of esters is 2. The van der Waals surface area contributed by atoms with Gasteiger partial charge in [-0.2, -0.15) is 0 Å². The van der Waals surface area contributed by atoms with Crippen molar-refractivity contribution in [3.05, 3.63) is 143 Å². The predicted molar refractivity (Wildman–Crippen MR) is 149 cm³/mol. The Bertz CT molecular complexity index is 1670. The van der Waals surface area contributed by atoms with Gasteiger partial charge in [0.1, 0.15) is 12.2 Å². The summed E-state index contributed by atoms with van der Waals surface area (Å²) in [6, 6.07) is 30.7. The second-order valence-corrected chi connectivity index (χ2v) is 9.53. The molecule has 7 rings (SSSR count). The lowest BCUT2D eigenvalue weighted by molar-refractivity contribution is 0.0380. The van der Waals surface area contributed by atoms with Gasteiger partial charge in [-0.05, 0) is 69.1 Å². The van der Waals surface area contributed by atoms with Gasteiger partial charge in [-0.15, -0.1) is 0 Å². The molecule has 2 unspecified atom stereocenters. The van der Waals surface area contributed by atoms with Gasteiger partial charge in [-0.25, -0.2) is 9.59 Å². The van der Waals surface area contributed by atoms with Crippen LogP contribution < -0.4 is 0 Å². The first-order chi connectivity index (χ1) is 18.7. The van der Waals surface area contributed by atoms with Crippen LogP contribution >= 0.6 is 0 Å². The number of benzene rings is 5. The van der Waals surface area contributed by atoms with Gasteiger partial charge in [0.05, 0.1) is 11.1 Å². The topological polar surface area (TPSA) is 52.6 Å². The van der Waals surface area contributed by atoms with Gasteiger partial charge in [-0.3, -0.25) is 0 Å². The summed E-state index contributed by atoms with van der Waals surface area (Å²) < 4.78 is 11.7. The molecule has 0 fully saturated rings. The van der Waals surface area contributed by atoms with E-state index in [1.165, 1.54) is 0 Å². The molecular formula is C34H22O4. The summed E-state index contributed by atoms with van der Waals surface area (Å²) in [6.07, 6.45) is 6.83. The summed E-state index contributed by atoms with van der Waals surface area (Å²) in [5, 5.41) is 4.42. The first kappa shape index (κ1) is 22.3. The average molecular weight is 495 g/mol. The van der Waals surface area contributed by atoms with E-state index in [1.54, 1.807) is 24.3 Å². The maximum atomic E-state index is 13.0. The number of rotatable bonds is 4. The van der Waals surface area contributed by atoms with Crippen LogP contribution in [0, 0.1) is 0 Å². The smallest absolute Gasteiger partial charge is 0.339 e. The van der Waals surface area contributed by atoms with Crippen molar-refractivity contribution < 1.29 is 19.1 Å². The van der Waals surface area contributed by atoms with Crippen LogP contribution in [0.3, 0.4) is 0 Å². The molecule has 0 aromatic heterocycles. The Labute approximate surface area is 219 Å². The third kappa shape index (κ3) is 3.70. The van der Waals surface area contributed by atoms with Crippen molar-refractivity contribution in [1.29, 1.82) is 0 Å². The SMILES string of the molecule is O=C(OC1C=Cc2cccc3cccc1c23)c1ccc(C(=O)OC2C=Cc3cccc4cccc2c34)cc1. The molecular weight excluding hydrogens is 472 g/mol. The minimum absolute atomic E-state index is 0.372. The van der Waals surface area contributed by atoms with E-state index in [-0.39, 0.29) is 0 Å². The highest BCUT2D eigenvalue weighted by Gasteiger charge is 2.24. The maximum Gasteiger partial charge on any atom is 0.339 e. The molecule has 0 radical (unpaired) electrons. The molecule has 0 saturated carbocycles. The minimum atomic E-state index is -0.477.